The van der Waals surface area contributed by atoms with Gasteiger partial charge in [-0.2, -0.15) is 0 Å². The third kappa shape index (κ3) is 2.40. The average Bonchev–Trinajstić information content (AvgIpc) is 2.97. The second-order valence-electron chi connectivity index (χ2n) is 5.48. The minimum absolute atomic E-state index is 0.689. The van der Waals surface area contributed by atoms with Crippen LogP contribution in [0.15, 0.2) is 0 Å². The standard InChI is InChI=1S/C12H22N6/c1-2-6-18-12(14-15-16-18)9-17-7-10-4-3-5-13-11(10)8-17/h10-11,13H,2-9H2,1H3. The van der Waals surface area contributed by atoms with Crippen LogP contribution in [0.5, 0.6) is 0 Å². The van der Waals surface area contributed by atoms with Gasteiger partial charge in [-0.1, -0.05) is 6.92 Å². The van der Waals surface area contributed by atoms with E-state index in [1.807, 2.05) is 4.68 Å². The van der Waals surface area contributed by atoms with E-state index in [4.69, 9.17) is 0 Å². The zero-order chi connectivity index (χ0) is 12.4. The van der Waals surface area contributed by atoms with Crippen LogP contribution in [-0.4, -0.2) is 50.8 Å². The Morgan fingerprint density at radius 1 is 1.39 bits per heavy atom. The highest BCUT2D eigenvalue weighted by Gasteiger charge is 2.34. The van der Waals surface area contributed by atoms with E-state index < -0.39 is 0 Å². The van der Waals surface area contributed by atoms with Crippen molar-refractivity contribution in [1.29, 1.82) is 0 Å². The molecule has 0 bridgehead atoms. The average molecular weight is 250 g/mol. The van der Waals surface area contributed by atoms with E-state index in [0.29, 0.717) is 6.04 Å². The fourth-order valence-electron chi connectivity index (χ4n) is 3.19. The predicted molar refractivity (Wildman–Crippen MR) is 67.9 cm³/mol. The number of fused-ring (bicyclic) bond motifs is 1. The summed E-state index contributed by atoms with van der Waals surface area (Å²) in [6.07, 6.45) is 3.77. The molecule has 100 valence electrons. The first kappa shape index (κ1) is 12.0. The van der Waals surface area contributed by atoms with Gasteiger partial charge in [0.1, 0.15) is 0 Å². The number of rotatable bonds is 4. The van der Waals surface area contributed by atoms with Crippen LogP contribution in [-0.2, 0) is 13.1 Å². The number of tetrazole rings is 1. The normalized spacial score (nSPS) is 28.5. The lowest BCUT2D eigenvalue weighted by Crippen LogP contribution is -2.40. The lowest BCUT2D eigenvalue weighted by Gasteiger charge is -2.24. The van der Waals surface area contributed by atoms with Gasteiger partial charge in [-0.3, -0.25) is 4.90 Å². The molecule has 1 aromatic heterocycles. The van der Waals surface area contributed by atoms with Crippen LogP contribution in [0.1, 0.15) is 32.0 Å². The largest absolute Gasteiger partial charge is 0.312 e. The monoisotopic (exact) mass is 250 g/mol. The Hall–Kier alpha value is -1.01. The maximum Gasteiger partial charge on any atom is 0.165 e. The molecule has 18 heavy (non-hydrogen) atoms. The Morgan fingerprint density at radius 2 is 2.33 bits per heavy atom. The number of hydrogen-bond donors (Lipinski definition) is 1. The van der Waals surface area contributed by atoms with Crippen LogP contribution >= 0.6 is 0 Å². The van der Waals surface area contributed by atoms with Gasteiger partial charge in [-0.15, -0.1) is 5.10 Å². The van der Waals surface area contributed by atoms with E-state index in [1.165, 1.54) is 25.9 Å². The molecule has 0 saturated carbocycles. The molecule has 0 amide bonds. The number of nitrogens with one attached hydrogen (secondary N) is 1. The van der Waals surface area contributed by atoms with Gasteiger partial charge in [0.15, 0.2) is 5.82 Å². The van der Waals surface area contributed by atoms with E-state index in [1.54, 1.807) is 0 Å². The Balaban J connectivity index is 1.61. The van der Waals surface area contributed by atoms with Crippen LogP contribution in [0.2, 0.25) is 0 Å². The summed E-state index contributed by atoms with van der Waals surface area (Å²) in [6.45, 7) is 7.48. The zero-order valence-corrected chi connectivity index (χ0v) is 11.0. The predicted octanol–water partition coefficient (Wildman–Crippen LogP) is 0.267. The van der Waals surface area contributed by atoms with Gasteiger partial charge in [0.2, 0.25) is 0 Å². The van der Waals surface area contributed by atoms with Crippen molar-refractivity contribution in [2.24, 2.45) is 5.92 Å². The van der Waals surface area contributed by atoms with Crippen LogP contribution in [0.25, 0.3) is 0 Å². The third-order valence-electron chi connectivity index (χ3n) is 4.08. The molecule has 2 unspecified atom stereocenters. The fourth-order valence-corrected chi connectivity index (χ4v) is 3.19. The van der Waals surface area contributed by atoms with Crippen molar-refractivity contribution in [1.82, 2.24) is 30.4 Å². The maximum atomic E-state index is 4.16. The highest BCUT2D eigenvalue weighted by atomic mass is 15.5. The molecule has 1 N–H and O–H groups in total. The topological polar surface area (TPSA) is 58.9 Å². The summed E-state index contributed by atoms with van der Waals surface area (Å²) in [6, 6.07) is 0.689. The quantitative estimate of drug-likeness (QED) is 0.831. The number of likely N-dealkylation sites (tertiary alicyclic amines) is 1. The van der Waals surface area contributed by atoms with Gasteiger partial charge in [0, 0.05) is 25.7 Å². The highest BCUT2D eigenvalue weighted by molar-refractivity contribution is 4.94. The summed E-state index contributed by atoms with van der Waals surface area (Å²) >= 11 is 0. The molecule has 2 fully saturated rings. The van der Waals surface area contributed by atoms with Crippen molar-refractivity contribution < 1.29 is 0 Å². The van der Waals surface area contributed by atoms with Gasteiger partial charge in [0.05, 0.1) is 6.54 Å². The number of aryl methyl sites for hydroxylation is 1. The molecule has 3 heterocycles. The number of piperidine rings is 1. The Labute approximate surface area is 108 Å². The van der Waals surface area contributed by atoms with Crippen LogP contribution in [0.3, 0.4) is 0 Å². The summed E-state index contributed by atoms with van der Waals surface area (Å²) in [4.78, 5) is 2.49. The molecule has 2 saturated heterocycles. The van der Waals surface area contributed by atoms with Crippen molar-refractivity contribution in [3.05, 3.63) is 5.82 Å². The van der Waals surface area contributed by atoms with Crippen molar-refractivity contribution in [3.8, 4) is 0 Å². The molecular formula is C12H22N6. The fraction of sp³-hybridized carbons (Fsp3) is 0.917. The Morgan fingerprint density at radius 3 is 3.17 bits per heavy atom. The molecule has 0 aliphatic carbocycles. The lowest BCUT2D eigenvalue weighted by molar-refractivity contribution is 0.297. The minimum Gasteiger partial charge on any atom is -0.312 e. The van der Waals surface area contributed by atoms with Crippen LogP contribution in [0, 0.1) is 5.92 Å². The molecule has 0 radical (unpaired) electrons. The molecular weight excluding hydrogens is 228 g/mol. The smallest absolute Gasteiger partial charge is 0.165 e. The molecule has 3 rings (SSSR count). The highest BCUT2D eigenvalue weighted by Crippen LogP contribution is 2.25. The Kier molecular flexibility index (Phi) is 3.56. The van der Waals surface area contributed by atoms with E-state index >= 15 is 0 Å². The second-order valence-corrected chi connectivity index (χ2v) is 5.48. The van der Waals surface area contributed by atoms with Crippen LogP contribution < -0.4 is 5.32 Å². The molecule has 6 nitrogen and oxygen atoms in total. The van der Waals surface area contributed by atoms with E-state index in [-0.39, 0.29) is 0 Å². The molecule has 0 spiro atoms. The summed E-state index contributed by atoms with van der Waals surface area (Å²) in [5.74, 6) is 1.84. The van der Waals surface area contributed by atoms with Gasteiger partial charge in [0.25, 0.3) is 0 Å². The van der Waals surface area contributed by atoms with Gasteiger partial charge >= 0.3 is 0 Å². The van der Waals surface area contributed by atoms with Crippen molar-refractivity contribution in [2.45, 2.75) is 45.3 Å². The van der Waals surface area contributed by atoms with E-state index in [0.717, 1.165) is 37.8 Å². The van der Waals surface area contributed by atoms with Gasteiger partial charge < -0.3 is 5.32 Å². The maximum absolute atomic E-state index is 4.16. The number of aromatic nitrogens is 4. The first-order valence-corrected chi connectivity index (χ1v) is 7.07. The SMILES string of the molecule is CCCn1nnnc1CN1CC2CCCNC2C1. The second kappa shape index (κ2) is 5.32. The van der Waals surface area contributed by atoms with Crippen molar-refractivity contribution >= 4 is 0 Å². The lowest BCUT2D eigenvalue weighted by atomic mass is 9.94. The molecule has 6 heteroatoms. The summed E-state index contributed by atoms with van der Waals surface area (Å²) < 4.78 is 1.94. The molecule has 0 aromatic carbocycles. The molecule has 2 atom stereocenters. The summed E-state index contributed by atoms with van der Waals surface area (Å²) in [5.41, 5.74) is 0. The van der Waals surface area contributed by atoms with Crippen molar-refractivity contribution in [3.63, 3.8) is 0 Å². The Bertz CT molecular complexity index is 376. The summed E-state index contributed by atoms with van der Waals surface area (Å²) in [7, 11) is 0. The first-order valence-electron chi connectivity index (χ1n) is 7.07. The molecule has 1 aromatic rings. The van der Waals surface area contributed by atoms with Crippen molar-refractivity contribution in [2.75, 3.05) is 19.6 Å². The van der Waals surface area contributed by atoms with Gasteiger partial charge in [-0.05, 0) is 42.2 Å². The summed E-state index contributed by atoms with van der Waals surface area (Å²) in [5, 5.41) is 15.6. The number of hydrogen-bond acceptors (Lipinski definition) is 5. The molecule has 2 aliphatic rings. The third-order valence-corrected chi connectivity index (χ3v) is 4.08. The van der Waals surface area contributed by atoms with E-state index in [2.05, 4.69) is 32.7 Å². The minimum atomic E-state index is 0.689. The first-order chi connectivity index (χ1) is 8.86. The zero-order valence-electron chi connectivity index (χ0n) is 11.0. The molecule has 2 aliphatic heterocycles. The van der Waals surface area contributed by atoms with E-state index in [9.17, 15) is 0 Å². The van der Waals surface area contributed by atoms with Crippen LogP contribution in [0.4, 0.5) is 0 Å². The number of nitrogens with zero attached hydrogens (tertiary/aromatic N) is 5. The van der Waals surface area contributed by atoms with Gasteiger partial charge in [-0.25, -0.2) is 4.68 Å².